The summed E-state index contributed by atoms with van der Waals surface area (Å²) in [5.74, 6) is 2.08. The van der Waals surface area contributed by atoms with Crippen LogP contribution in [0.4, 0.5) is 0 Å². The van der Waals surface area contributed by atoms with Gasteiger partial charge in [0.25, 0.3) is 0 Å². The number of benzene rings is 1. The molecule has 1 aromatic carbocycles. The fourth-order valence-electron chi connectivity index (χ4n) is 2.51. The van der Waals surface area contributed by atoms with E-state index in [0.717, 1.165) is 49.0 Å². The molecule has 0 spiro atoms. The maximum atomic E-state index is 6.42. The maximum absolute atomic E-state index is 6.42. The van der Waals surface area contributed by atoms with Crippen molar-refractivity contribution in [1.29, 1.82) is 0 Å². The van der Waals surface area contributed by atoms with E-state index in [1.54, 1.807) is 0 Å². The normalized spacial score (nSPS) is 18.9. The lowest BCUT2D eigenvalue weighted by Crippen LogP contribution is -2.16. The molecule has 0 saturated carbocycles. The van der Waals surface area contributed by atoms with Crippen LogP contribution in [0.1, 0.15) is 16.7 Å². The smallest absolute Gasteiger partial charge is 0.124 e. The third-order valence-electron chi connectivity index (χ3n) is 3.49. The van der Waals surface area contributed by atoms with Crippen LogP contribution in [0.5, 0.6) is 0 Å². The Morgan fingerprint density at radius 3 is 3.05 bits per heavy atom. The highest BCUT2D eigenvalue weighted by Gasteiger charge is 2.16. The number of rotatable bonds is 2. The first-order valence-corrected chi connectivity index (χ1v) is 8.99. The van der Waals surface area contributed by atoms with E-state index in [1.807, 2.05) is 23.5 Å². The molecular formula is C14H17ClN2S2. The molecule has 2 aliphatic heterocycles. The molecule has 2 heterocycles. The Balaban J connectivity index is 1.82. The second-order valence-corrected chi connectivity index (χ2v) is 7.41. The summed E-state index contributed by atoms with van der Waals surface area (Å²) in [5, 5.41) is 4.37. The summed E-state index contributed by atoms with van der Waals surface area (Å²) in [6.07, 6.45) is 2.20. The molecule has 102 valence electrons. The average molecular weight is 313 g/mol. The molecule has 0 unspecified atom stereocenters. The van der Waals surface area contributed by atoms with Gasteiger partial charge in [-0.05, 0) is 48.7 Å². The minimum Gasteiger partial charge on any atom is -0.316 e. The van der Waals surface area contributed by atoms with Gasteiger partial charge in [0.15, 0.2) is 0 Å². The molecule has 0 radical (unpaired) electrons. The minimum absolute atomic E-state index is 0.914. The Morgan fingerprint density at radius 2 is 2.21 bits per heavy atom. The summed E-state index contributed by atoms with van der Waals surface area (Å²) in [4.78, 5) is 4.50. The van der Waals surface area contributed by atoms with E-state index >= 15 is 0 Å². The van der Waals surface area contributed by atoms with Crippen molar-refractivity contribution in [1.82, 2.24) is 5.32 Å². The Morgan fingerprint density at radius 1 is 1.32 bits per heavy atom. The van der Waals surface area contributed by atoms with Gasteiger partial charge in [-0.3, -0.25) is 4.99 Å². The molecule has 3 rings (SSSR count). The van der Waals surface area contributed by atoms with Gasteiger partial charge in [0.05, 0.1) is 6.54 Å². The highest BCUT2D eigenvalue weighted by Crippen LogP contribution is 2.32. The number of nitrogens with zero attached hydrogens (tertiary/aromatic N) is 1. The molecule has 0 bridgehead atoms. The predicted molar refractivity (Wildman–Crippen MR) is 87.8 cm³/mol. The van der Waals surface area contributed by atoms with E-state index in [4.69, 9.17) is 11.6 Å². The van der Waals surface area contributed by atoms with Crippen molar-refractivity contribution >= 4 is 39.5 Å². The van der Waals surface area contributed by atoms with Crippen LogP contribution in [0.2, 0.25) is 5.02 Å². The van der Waals surface area contributed by atoms with Gasteiger partial charge in [-0.2, -0.15) is 0 Å². The van der Waals surface area contributed by atoms with Crippen LogP contribution in [-0.2, 0) is 18.6 Å². The summed E-state index contributed by atoms with van der Waals surface area (Å²) in [6, 6.07) is 4.26. The molecular weight excluding hydrogens is 296 g/mol. The maximum Gasteiger partial charge on any atom is 0.124 e. The Kier molecular flexibility index (Phi) is 4.74. The van der Waals surface area contributed by atoms with E-state index in [-0.39, 0.29) is 0 Å². The number of hydrogen-bond acceptors (Lipinski definition) is 4. The highest BCUT2D eigenvalue weighted by atomic mass is 35.5. The van der Waals surface area contributed by atoms with Crippen LogP contribution in [-0.4, -0.2) is 29.8 Å². The standard InChI is InChI=1S/C14H17ClN2S2/c15-13-2-1-10-3-5-16-6-4-11(10)12(13)9-19-14-17-7-8-18-14/h1-2,16H,3-9H2. The second kappa shape index (κ2) is 6.53. The SMILES string of the molecule is Clc1ccc2c(c1CSC1=NCCS1)CCNCC2. The number of fused-ring (bicyclic) bond motifs is 1. The van der Waals surface area contributed by atoms with Gasteiger partial charge in [-0.1, -0.05) is 41.2 Å². The largest absolute Gasteiger partial charge is 0.316 e. The van der Waals surface area contributed by atoms with Gasteiger partial charge in [0.2, 0.25) is 0 Å². The third kappa shape index (κ3) is 3.30. The van der Waals surface area contributed by atoms with Crippen molar-refractivity contribution in [2.45, 2.75) is 18.6 Å². The van der Waals surface area contributed by atoms with Crippen molar-refractivity contribution < 1.29 is 0 Å². The van der Waals surface area contributed by atoms with Crippen molar-refractivity contribution in [3.05, 3.63) is 33.8 Å². The van der Waals surface area contributed by atoms with Gasteiger partial charge in [0, 0.05) is 16.5 Å². The number of aliphatic imine (C=N–C) groups is 1. The first kappa shape index (κ1) is 13.8. The van der Waals surface area contributed by atoms with E-state index in [1.165, 1.54) is 21.1 Å². The van der Waals surface area contributed by atoms with Crippen LogP contribution in [0.3, 0.4) is 0 Å². The molecule has 19 heavy (non-hydrogen) atoms. The van der Waals surface area contributed by atoms with Crippen molar-refractivity contribution in [3.63, 3.8) is 0 Å². The van der Waals surface area contributed by atoms with Crippen LogP contribution in [0.15, 0.2) is 17.1 Å². The molecule has 0 aromatic heterocycles. The molecule has 0 amide bonds. The van der Waals surface area contributed by atoms with Gasteiger partial charge < -0.3 is 5.32 Å². The average Bonchev–Trinajstić information content (AvgIpc) is 2.82. The van der Waals surface area contributed by atoms with E-state index in [2.05, 4.69) is 22.4 Å². The molecule has 5 heteroatoms. The van der Waals surface area contributed by atoms with Crippen molar-refractivity contribution in [2.75, 3.05) is 25.4 Å². The summed E-state index contributed by atoms with van der Waals surface area (Å²) in [6.45, 7) is 3.10. The highest BCUT2D eigenvalue weighted by molar-refractivity contribution is 8.38. The fraction of sp³-hybridized carbons (Fsp3) is 0.500. The number of nitrogens with one attached hydrogen (secondary N) is 1. The van der Waals surface area contributed by atoms with E-state index in [0.29, 0.717) is 0 Å². The Bertz CT molecular complexity index is 502. The first-order chi connectivity index (χ1) is 9.34. The lowest BCUT2D eigenvalue weighted by Gasteiger charge is -2.13. The molecule has 1 aromatic rings. The van der Waals surface area contributed by atoms with Crippen LogP contribution in [0.25, 0.3) is 0 Å². The van der Waals surface area contributed by atoms with Crippen LogP contribution < -0.4 is 5.32 Å². The zero-order chi connectivity index (χ0) is 13.1. The lowest BCUT2D eigenvalue weighted by atomic mass is 9.98. The molecule has 0 saturated heterocycles. The summed E-state index contributed by atoms with van der Waals surface area (Å²) in [7, 11) is 0. The first-order valence-electron chi connectivity index (χ1n) is 6.64. The monoisotopic (exact) mass is 312 g/mol. The molecule has 0 atom stereocenters. The molecule has 2 aliphatic rings. The van der Waals surface area contributed by atoms with E-state index in [9.17, 15) is 0 Å². The Labute approximate surface area is 127 Å². The van der Waals surface area contributed by atoms with Gasteiger partial charge >= 0.3 is 0 Å². The third-order valence-corrected chi connectivity index (χ3v) is 6.12. The van der Waals surface area contributed by atoms with Crippen molar-refractivity contribution in [2.24, 2.45) is 4.99 Å². The molecule has 0 aliphatic carbocycles. The molecule has 2 nitrogen and oxygen atoms in total. The van der Waals surface area contributed by atoms with Crippen LogP contribution >= 0.6 is 35.1 Å². The number of hydrogen-bond donors (Lipinski definition) is 1. The summed E-state index contributed by atoms with van der Waals surface area (Å²) < 4.78 is 1.22. The van der Waals surface area contributed by atoms with Crippen LogP contribution in [0, 0.1) is 0 Å². The quantitative estimate of drug-likeness (QED) is 0.906. The Hall–Kier alpha value is -0.160. The van der Waals surface area contributed by atoms with Gasteiger partial charge in [-0.25, -0.2) is 0 Å². The number of halogens is 1. The zero-order valence-corrected chi connectivity index (χ0v) is 13.1. The summed E-state index contributed by atoms with van der Waals surface area (Å²) in [5.41, 5.74) is 4.25. The minimum atomic E-state index is 0.914. The van der Waals surface area contributed by atoms with Crippen molar-refractivity contribution in [3.8, 4) is 0 Å². The van der Waals surface area contributed by atoms with Gasteiger partial charge in [-0.15, -0.1) is 0 Å². The van der Waals surface area contributed by atoms with E-state index < -0.39 is 0 Å². The van der Waals surface area contributed by atoms with Gasteiger partial charge in [0.1, 0.15) is 4.38 Å². The fourth-order valence-corrected chi connectivity index (χ4v) is 4.92. The topological polar surface area (TPSA) is 24.4 Å². The molecule has 1 N–H and O–H groups in total. The lowest BCUT2D eigenvalue weighted by molar-refractivity contribution is 0.710. The summed E-state index contributed by atoms with van der Waals surface area (Å²) >= 11 is 10.1. The zero-order valence-electron chi connectivity index (χ0n) is 10.7. The molecule has 0 fully saturated rings. The number of thioether (sulfide) groups is 2. The second-order valence-electron chi connectivity index (χ2n) is 4.70. The predicted octanol–water partition coefficient (Wildman–Crippen LogP) is 3.36.